The molecule has 5 nitrogen and oxygen atoms in total. The fourth-order valence-corrected chi connectivity index (χ4v) is 4.45. The average Bonchev–Trinajstić information content (AvgIpc) is 2.62. The van der Waals surface area contributed by atoms with Crippen LogP contribution in [0.15, 0.2) is 53.4 Å². The molecular weight excluding hydrogens is 324 g/mol. The third kappa shape index (κ3) is 3.39. The third-order valence-electron chi connectivity index (χ3n) is 4.28. The molecule has 0 amide bonds. The van der Waals surface area contributed by atoms with Crippen LogP contribution < -0.4 is 9.64 Å². The van der Waals surface area contributed by atoms with Gasteiger partial charge in [0, 0.05) is 37.9 Å². The molecule has 6 heteroatoms. The number of aryl methyl sites for hydroxylation is 1. The van der Waals surface area contributed by atoms with Crippen LogP contribution in [-0.4, -0.2) is 46.0 Å². The second-order valence-electron chi connectivity index (χ2n) is 5.91. The van der Waals surface area contributed by atoms with Gasteiger partial charge in [-0.05, 0) is 36.8 Å². The van der Waals surface area contributed by atoms with Gasteiger partial charge >= 0.3 is 0 Å². The highest BCUT2D eigenvalue weighted by molar-refractivity contribution is 7.89. The summed E-state index contributed by atoms with van der Waals surface area (Å²) in [5.74, 6) is 0.808. The van der Waals surface area contributed by atoms with Crippen molar-refractivity contribution in [2.24, 2.45) is 0 Å². The normalized spacial score (nSPS) is 16.2. The Balaban J connectivity index is 1.72. The van der Waals surface area contributed by atoms with Gasteiger partial charge < -0.3 is 9.64 Å². The van der Waals surface area contributed by atoms with E-state index in [-0.39, 0.29) is 0 Å². The maximum absolute atomic E-state index is 12.8. The molecule has 24 heavy (non-hydrogen) atoms. The number of methoxy groups -OCH3 is 1. The Morgan fingerprint density at radius 1 is 0.958 bits per heavy atom. The molecule has 1 heterocycles. The van der Waals surface area contributed by atoms with Crippen LogP contribution in [0.2, 0.25) is 0 Å². The molecule has 0 unspecified atom stereocenters. The van der Waals surface area contributed by atoms with Gasteiger partial charge in [0.05, 0.1) is 12.0 Å². The number of hydrogen-bond donors (Lipinski definition) is 0. The van der Waals surface area contributed by atoms with E-state index in [1.54, 1.807) is 29.6 Å². The number of benzene rings is 2. The Bertz CT molecular complexity index is 813. The zero-order valence-electron chi connectivity index (χ0n) is 14.0. The van der Waals surface area contributed by atoms with Gasteiger partial charge in [0.15, 0.2) is 0 Å². The van der Waals surface area contributed by atoms with E-state index in [4.69, 9.17) is 4.74 Å². The van der Waals surface area contributed by atoms with Crippen LogP contribution >= 0.6 is 0 Å². The van der Waals surface area contributed by atoms with E-state index in [1.807, 2.05) is 37.3 Å². The minimum absolute atomic E-state index is 0.373. The Kier molecular flexibility index (Phi) is 4.78. The van der Waals surface area contributed by atoms with Gasteiger partial charge in [-0.15, -0.1) is 0 Å². The number of sulfonamides is 1. The maximum atomic E-state index is 12.8. The van der Waals surface area contributed by atoms with E-state index >= 15 is 0 Å². The molecule has 1 aliphatic rings. The zero-order valence-corrected chi connectivity index (χ0v) is 14.8. The van der Waals surface area contributed by atoms with Crippen molar-refractivity contribution in [3.63, 3.8) is 0 Å². The summed E-state index contributed by atoms with van der Waals surface area (Å²) in [5, 5.41) is 0. The molecule has 0 aromatic heterocycles. The first-order valence-electron chi connectivity index (χ1n) is 7.96. The van der Waals surface area contributed by atoms with Crippen LogP contribution in [0.3, 0.4) is 0 Å². The molecule has 0 N–H and O–H groups in total. The number of rotatable bonds is 4. The van der Waals surface area contributed by atoms with Gasteiger partial charge in [-0.2, -0.15) is 4.31 Å². The van der Waals surface area contributed by atoms with Gasteiger partial charge in [-0.3, -0.25) is 0 Å². The quantitative estimate of drug-likeness (QED) is 0.854. The fourth-order valence-electron chi connectivity index (χ4n) is 2.92. The van der Waals surface area contributed by atoms with E-state index in [1.165, 1.54) is 0 Å². The molecule has 0 aliphatic carbocycles. The Hall–Kier alpha value is -2.05. The summed E-state index contributed by atoms with van der Waals surface area (Å²) < 4.78 is 32.4. The minimum Gasteiger partial charge on any atom is -0.497 e. The van der Waals surface area contributed by atoms with E-state index in [0.29, 0.717) is 31.1 Å². The predicted molar refractivity (Wildman–Crippen MR) is 95.1 cm³/mol. The summed E-state index contributed by atoms with van der Waals surface area (Å²) in [6, 6.07) is 14.9. The number of nitrogens with zero attached hydrogens (tertiary/aromatic N) is 2. The first-order valence-corrected chi connectivity index (χ1v) is 9.40. The lowest BCUT2D eigenvalue weighted by Crippen LogP contribution is -2.48. The smallest absolute Gasteiger partial charge is 0.243 e. The topological polar surface area (TPSA) is 49.9 Å². The van der Waals surface area contributed by atoms with Crippen LogP contribution in [0.25, 0.3) is 0 Å². The van der Waals surface area contributed by atoms with E-state index < -0.39 is 10.0 Å². The SMILES string of the molecule is COc1cccc(N2CCN(S(=O)(=O)c3cccc(C)c3)CC2)c1. The van der Waals surface area contributed by atoms with E-state index in [9.17, 15) is 8.42 Å². The third-order valence-corrected chi connectivity index (χ3v) is 6.18. The highest BCUT2D eigenvalue weighted by Crippen LogP contribution is 2.24. The summed E-state index contributed by atoms with van der Waals surface area (Å²) in [7, 11) is -1.78. The van der Waals surface area contributed by atoms with Crippen molar-refractivity contribution in [3.8, 4) is 5.75 Å². The molecule has 2 aromatic rings. The summed E-state index contributed by atoms with van der Waals surface area (Å²) in [6.45, 7) is 4.19. The van der Waals surface area contributed by atoms with Crippen LogP contribution in [0.1, 0.15) is 5.56 Å². The van der Waals surface area contributed by atoms with Gasteiger partial charge in [0.1, 0.15) is 5.75 Å². The first-order chi connectivity index (χ1) is 11.5. The van der Waals surface area contributed by atoms with E-state index in [2.05, 4.69) is 4.90 Å². The van der Waals surface area contributed by atoms with Gasteiger partial charge in [0.25, 0.3) is 0 Å². The Morgan fingerprint density at radius 3 is 2.33 bits per heavy atom. The van der Waals surface area contributed by atoms with Crippen LogP contribution in [0, 0.1) is 6.92 Å². The summed E-state index contributed by atoms with van der Waals surface area (Å²) >= 11 is 0. The van der Waals surface area contributed by atoms with Crippen molar-refractivity contribution < 1.29 is 13.2 Å². The molecule has 3 rings (SSSR count). The standard InChI is InChI=1S/C18H22N2O3S/c1-15-5-3-8-18(13-15)24(21,22)20-11-9-19(10-12-20)16-6-4-7-17(14-16)23-2/h3-8,13-14H,9-12H2,1-2H3. The van der Waals surface area contributed by atoms with Crippen LogP contribution in [0.5, 0.6) is 5.75 Å². The second-order valence-corrected chi connectivity index (χ2v) is 7.85. The van der Waals surface area contributed by atoms with Crippen LogP contribution in [-0.2, 0) is 10.0 Å². The number of ether oxygens (including phenoxy) is 1. The molecule has 1 aliphatic heterocycles. The summed E-state index contributed by atoms with van der Waals surface area (Å²) in [6.07, 6.45) is 0. The zero-order chi connectivity index (χ0) is 17.2. The minimum atomic E-state index is -3.42. The lowest BCUT2D eigenvalue weighted by Gasteiger charge is -2.35. The monoisotopic (exact) mass is 346 g/mol. The van der Waals surface area contributed by atoms with Crippen molar-refractivity contribution in [2.45, 2.75) is 11.8 Å². The Labute approximate surface area is 143 Å². The van der Waals surface area contributed by atoms with Crippen molar-refractivity contribution in [1.29, 1.82) is 0 Å². The predicted octanol–water partition coefficient (Wildman–Crippen LogP) is 2.51. The lowest BCUT2D eigenvalue weighted by atomic mass is 10.2. The number of anilines is 1. The molecule has 1 saturated heterocycles. The van der Waals surface area contributed by atoms with Crippen molar-refractivity contribution >= 4 is 15.7 Å². The fraction of sp³-hybridized carbons (Fsp3) is 0.333. The second kappa shape index (κ2) is 6.83. The lowest BCUT2D eigenvalue weighted by molar-refractivity contribution is 0.384. The number of piperazine rings is 1. The van der Waals surface area contributed by atoms with Crippen LogP contribution in [0.4, 0.5) is 5.69 Å². The molecule has 0 spiro atoms. The highest BCUT2D eigenvalue weighted by Gasteiger charge is 2.28. The molecule has 0 bridgehead atoms. The first kappa shape index (κ1) is 16.8. The molecule has 0 radical (unpaired) electrons. The van der Waals surface area contributed by atoms with Gasteiger partial charge in [-0.25, -0.2) is 8.42 Å². The Morgan fingerprint density at radius 2 is 1.67 bits per heavy atom. The number of hydrogen-bond acceptors (Lipinski definition) is 4. The highest BCUT2D eigenvalue weighted by atomic mass is 32.2. The van der Waals surface area contributed by atoms with E-state index in [0.717, 1.165) is 17.0 Å². The molecule has 128 valence electrons. The van der Waals surface area contributed by atoms with Gasteiger partial charge in [0.2, 0.25) is 10.0 Å². The molecule has 0 atom stereocenters. The van der Waals surface area contributed by atoms with Crippen molar-refractivity contribution in [2.75, 3.05) is 38.2 Å². The molecular formula is C18H22N2O3S. The van der Waals surface area contributed by atoms with Crippen molar-refractivity contribution in [3.05, 3.63) is 54.1 Å². The van der Waals surface area contributed by atoms with Crippen molar-refractivity contribution in [1.82, 2.24) is 4.31 Å². The molecule has 1 fully saturated rings. The molecule has 0 saturated carbocycles. The maximum Gasteiger partial charge on any atom is 0.243 e. The van der Waals surface area contributed by atoms with Gasteiger partial charge in [-0.1, -0.05) is 18.2 Å². The molecule has 2 aromatic carbocycles. The summed E-state index contributed by atoms with van der Waals surface area (Å²) in [5.41, 5.74) is 2.01. The average molecular weight is 346 g/mol. The summed E-state index contributed by atoms with van der Waals surface area (Å²) in [4.78, 5) is 2.56. The largest absolute Gasteiger partial charge is 0.497 e.